The Morgan fingerprint density at radius 3 is 2.00 bits per heavy atom. The van der Waals surface area contributed by atoms with Crippen LogP contribution in [0, 0.1) is 0 Å². The van der Waals surface area contributed by atoms with E-state index in [9.17, 15) is 9.59 Å². The molecule has 0 aromatic carbocycles. The van der Waals surface area contributed by atoms with Crippen molar-refractivity contribution in [3.05, 3.63) is 0 Å². The van der Waals surface area contributed by atoms with Gasteiger partial charge in [0.25, 0.3) is 0 Å². The van der Waals surface area contributed by atoms with E-state index in [0.717, 1.165) is 0 Å². The summed E-state index contributed by atoms with van der Waals surface area (Å²) < 4.78 is 10.7. The van der Waals surface area contributed by atoms with Crippen LogP contribution in [0.15, 0.2) is 0 Å². The van der Waals surface area contributed by atoms with Crippen LogP contribution in [0.3, 0.4) is 0 Å². The molecule has 1 heterocycles. The molecule has 1 N–H and O–H groups in total. The van der Waals surface area contributed by atoms with Gasteiger partial charge in [0, 0.05) is 25.8 Å². The average molecular weight is 257 g/mol. The molecule has 1 aliphatic rings. The van der Waals surface area contributed by atoms with Gasteiger partial charge in [-0.05, 0) is 27.7 Å². The molecule has 1 saturated heterocycles. The van der Waals surface area contributed by atoms with Gasteiger partial charge in [0.1, 0.15) is 6.10 Å². The zero-order chi connectivity index (χ0) is 14.1. The minimum atomic E-state index is -0.480. The van der Waals surface area contributed by atoms with E-state index in [1.165, 1.54) is 13.8 Å². The first-order valence-electron chi connectivity index (χ1n) is 6.17. The summed E-state index contributed by atoms with van der Waals surface area (Å²) in [4.78, 5) is 22.4. The third-order valence-electron chi connectivity index (χ3n) is 3.03. The fraction of sp³-hybridized carbons (Fsp3) is 0.846. The van der Waals surface area contributed by atoms with Gasteiger partial charge in [-0.25, -0.2) is 0 Å². The summed E-state index contributed by atoms with van der Waals surface area (Å²) in [7, 11) is 0. The Balaban J connectivity index is 2.98. The van der Waals surface area contributed by atoms with Crippen molar-refractivity contribution in [2.24, 2.45) is 0 Å². The maximum atomic E-state index is 11.2. The standard InChI is InChI=1S/C13H23NO4/c1-8(15)17-10-7-12(3,4)14-13(5,6)11(10)18-9(2)16/h10-11,14H,7H2,1-6H3. The van der Waals surface area contributed by atoms with Crippen LogP contribution >= 0.6 is 0 Å². The number of rotatable bonds is 2. The van der Waals surface area contributed by atoms with Crippen molar-refractivity contribution < 1.29 is 19.1 Å². The van der Waals surface area contributed by atoms with Crippen LogP contribution in [0.5, 0.6) is 0 Å². The Morgan fingerprint density at radius 1 is 1.06 bits per heavy atom. The van der Waals surface area contributed by atoms with Gasteiger partial charge < -0.3 is 14.8 Å². The fourth-order valence-corrected chi connectivity index (χ4v) is 2.79. The summed E-state index contributed by atoms with van der Waals surface area (Å²) in [5, 5.41) is 3.42. The predicted octanol–water partition coefficient (Wildman–Crippen LogP) is 1.40. The van der Waals surface area contributed by atoms with Crippen LogP contribution in [0.25, 0.3) is 0 Å². The van der Waals surface area contributed by atoms with E-state index in [4.69, 9.17) is 9.47 Å². The highest BCUT2D eigenvalue weighted by Crippen LogP contribution is 2.33. The number of nitrogens with one attached hydrogen (secondary N) is 1. The van der Waals surface area contributed by atoms with E-state index in [1.54, 1.807) is 0 Å². The molecule has 0 radical (unpaired) electrons. The zero-order valence-electron chi connectivity index (χ0n) is 12.0. The van der Waals surface area contributed by atoms with Crippen molar-refractivity contribution >= 4 is 11.9 Å². The lowest BCUT2D eigenvalue weighted by Gasteiger charge is -2.50. The highest BCUT2D eigenvalue weighted by atomic mass is 16.6. The van der Waals surface area contributed by atoms with Crippen LogP contribution in [-0.2, 0) is 19.1 Å². The molecule has 2 unspecified atom stereocenters. The molecule has 0 aromatic rings. The maximum absolute atomic E-state index is 11.2. The van der Waals surface area contributed by atoms with Crippen molar-refractivity contribution in [2.75, 3.05) is 0 Å². The topological polar surface area (TPSA) is 64.6 Å². The summed E-state index contributed by atoms with van der Waals surface area (Å²) in [5.74, 6) is -0.725. The Bertz CT molecular complexity index is 349. The van der Waals surface area contributed by atoms with Gasteiger partial charge in [-0.1, -0.05) is 0 Å². The Kier molecular flexibility index (Phi) is 4.05. The molecule has 0 aromatic heterocycles. The molecule has 104 valence electrons. The Hall–Kier alpha value is -1.10. The van der Waals surface area contributed by atoms with Gasteiger partial charge in [-0.3, -0.25) is 9.59 Å². The van der Waals surface area contributed by atoms with Crippen molar-refractivity contribution in [1.29, 1.82) is 0 Å². The number of esters is 2. The maximum Gasteiger partial charge on any atom is 0.303 e. The molecular weight excluding hydrogens is 234 g/mol. The first kappa shape index (κ1) is 15.0. The number of hydrogen-bond donors (Lipinski definition) is 1. The second kappa shape index (κ2) is 4.88. The SMILES string of the molecule is CC(=O)OC1CC(C)(C)NC(C)(C)C1OC(C)=O. The second-order valence-electron chi connectivity index (χ2n) is 6.11. The summed E-state index contributed by atoms with van der Waals surface area (Å²) in [6.45, 7) is 10.7. The first-order chi connectivity index (χ1) is 8.03. The minimum absolute atomic E-state index is 0.180. The summed E-state index contributed by atoms with van der Waals surface area (Å²) in [6.07, 6.45) is -0.293. The summed E-state index contributed by atoms with van der Waals surface area (Å²) in [5.41, 5.74) is -0.631. The van der Waals surface area contributed by atoms with Gasteiger partial charge in [0.15, 0.2) is 6.10 Å². The third kappa shape index (κ3) is 3.70. The largest absolute Gasteiger partial charge is 0.458 e. The number of hydrogen-bond acceptors (Lipinski definition) is 5. The van der Waals surface area contributed by atoms with Crippen LogP contribution < -0.4 is 5.32 Å². The molecule has 1 fully saturated rings. The molecule has 1 aliphatic heterocycles. The Morgan fingerprint density at radius 2 is 1.56 bits per heavy atom. The number of carbonyl (C=O) groups excluding carboxylic acids is 2. The summed E-state index contributed by atoms with van der Waals surface area (Å²) >= 11 is 0. The molecule has 2 atom stereocenters. The molecule has 5 nitrogen and oxygen atoms in total. The van der Waals surface area contributed by atoms with Crippen LogP contribution in [0.2, 0.25) is 0 Å². The van der Waals surface area contributed by atoms with Crippen molar-refractivity contribution in [3.63, 3.8) is 0 Å². The minimum Gasteiger partial charge on any atom is -0.458 e. The smallest absolute Gasteiger partial charge is 0.303 e. The highest BCUT2D eigenvalue weighted by Gasteiger charge is 2.49. The average Bonchev–Trinajstić information content (AvgIpc) is 2.07. The van der Waals surface area contributed by atoms with Crippen molar-refractivity contribution in [1.82, 2.24) is 5.32 Å². The van der Waals surface area contributed by atoms with Gasteiger partial charge in [-0.2, -0.15) is 0 Å². The number of piperidine rings is 1. The first-order valence-corrected chi connectivity index (χ1v) is 6.17. The van der Waals surface area contributed by atoms with Gasteiger partial charge in [0.2, 0.25) is 0 Å². The molecule has 0 bridgehead atoms. The lowest BCUT2D eigenvalue weighted by Crippen LogP contribution is -2.68. The normalized spacial score (nSPS) is 29.4. The van der Waals surface area contributed by atoms with Crippen LogP contribution in [0.4, 0.5) is 0 Å². The molecule has 18 heavy (non-hydrogen) atoms. The van der Waals surface area contributed by atoms with Gasteiger partial charge in [-0.15, -0.1) is 0 Å². The lowest BCUT2D eigenvalue weighted by atomic mass is 9.78. The molecule has 0 spiro atoms. The number of carbonyl (C=O) groups is 2. The molecule has 1 rings (SSSR count). The van der Waals surface area contributed by atoms with Crippen LogP contribution in [0.1, 0.15) is 48.0 Å². The molecule has 5 heteroatoms. The monoisotopic (exact) mass is 257 g/mol. The zero-order valence-corrected chi connectivity index (χ0v) is 12.0. The van der Waals surface area contributed by atoms with Gasteiger partial charge >= 0.3 is 11.9 Å². The van der Waals surface area contributed by atoms with E-state index >= 15 is 0 Å². The van der Waals surface area contributed by atoms with E-state index < -0.39 is 17.7 Å². The quantitative estimate of drug-likeness (QED) is 0.758. The molecule has 0 saturated carbocycles. The van der Waals surface area contributed by atoms with Crippen molar-refractivity contribution in [2.45, 2.75) is 71.2 Å². The van der Waals surface area contributed by atoms with Crippen LogP contribution in [-0.4, -0.2) is 35.2 Å². The van der Waals surface area contributed by atoms with E-state index in [0.29, 0.717) is 6.42 Å². The van der Waals surface area contributed by atoms with E-state index in [2.05, 4.69) is 5.32 Å². The molecule has 0 amide bonds. The Labute approximate surface area is 108 Å². The third-order valence-corrected chi connectivity index (χ3v) is 3.03. The lowest BCUT2D eigenvalue weighted by molar-refractivity contribution is -0.181. The number of ether oxygens (including phenoxy) is 2. The molecule has 0 aliphatic carbocycles. The van der Waals surface area contributed by atoms with Crippen molar-refractivity contribution in [3.8, 4) is 0 Å². The highest BCUT2D eigenvalue weighted by molar-refractivity contribution is 5.67. The molecular formula is C13H23NO4. The van der Waals surface area contributed by atoms with Gasteiger partial charge in [0.05, 0.1) is 5.54 Å². The fourth-order valence-electron chi connectivity index (χ4n) is 2.79. The predicted molar refractivity (Wildman–Crippen MR) is 67.0 cm³/mol. The van der Waals surface area contributed by atoms with E-state index in [1.807, 2.05) is 27.7 Å². The summed E-state index contributed by atoms with van der Waals surface area (Å²) in [6, 6.07) is 0. The second-order valence-corrected chi connectivity index (χ2v) is 6.11. The van der Waals surface area contributed by atoms with E-state index in [-0.39, 0.29) is 17.5 Å².